The van der Waals surface area contributed by atoms with Crippen LogP contribution in [0.1, 0.15) is 43.4 Å². The number of unbranched alkanes of at least 4 members (excludes halogenated alkanes) is 1. The molecule has 0 saturated carbocycles. The molecular weight excluding hydrogens is 422 g/mol. The van der Waals surface area contributed by atoms with Crippen LogP contribution < -0.4 is 15.7 Å². The van der Waals surface area contributed by atoms with Crippen LogP contribution in [0, 0.1) is 6.92 Å². The fourth-order valence-corrected chi connectivity index (χ4v) is 3.69. The first-order valence-corrected chi connectivity index (χ1v) is 11.1. The van der Waals surface area contributed by atoms with Crippen LogP contribution in [0.15, 0.2) is 57.7 Å². The van der Waals surface area contributed by atoms with Gasteiger partial charge in [0.25, 0.3) is 5.91 Å². The Hall–Kier alpha value is -3.61. The minimum absolute atomic E-state index is 0.162. The molecule has 174 valence electrons. The van der Waals surface area contributed by atoms with Gasteiger partial charge in [-0.25, -0.2) is 9.59 Å². The topological polar surface area (TPSA) is 106 Å². The van der Waals surface area contributed by atoms with Gasteiger partial charge in [0.1, 0.15) is 17.4 Å². The molecular formula is C26H29NO6. The zero-order chi connectivity index (χ0) is 24.0. The Morgan fingerprint density at radius 2 is 1.88 bits per heavy atom. The number of carboxylic acids is 1. The smallest absolute Gasteiger partial charge is 0.336 e. The number of carbonyl (C=O) groups excluding carboxylic acids is 1. The second-order valence-corrected chi connectivity index (χ2v) is 8.11. The lowest BCUT2D eigenvalue weighted by atomic mass is 10.0. The fourth-order valence-electron chi connectivity index (χ4n) is 3.69. The van der Waals surface area contributed by atoms with Crippen molar-refractivity contribution in [2.75, 3.05) is 0 Å². The molecule has 3 rings (SSSR count). The Bertz CT molecular complexity index is 1180. The average Bonchev–Trinajstić information content (AvgIpc) is 2.79. The molecule has 1 amide bonds. The van der Waals surface area contributed by atoms with Crippen molar-refractivity contribution in [3.63, 3.8) is 0 Å². The molecule has 0 aliphatic carbocycles. The van der Waals surface area contributed by atoms with Crippen LogP contribution in [0.4, 0.5) is 0 Å². The second-order valence-electron chi connectivity index (χ2n) is 8.11. The fraction of sp³-hybridized carbons (Fsp3) is 0.346. The highest BCUT2D eigenvalue weighted by molar-refractivity contribution is 5.87. The molecule has 3 aromatic rings. The van der Waals surface area contributed by atoms with E-state index in [9.17, 15) is 19.5 Å². The number of hydrogen-bond donors (Lipinski definition) is 2. The van der Waals surface area contributed by atoms with E-state index in [2.05, 4.69) is 12.2 Å². The standard InChI is InChI=1S/C26H29NO6/c1-4-5-11-19-15-23(28)33-24-16(2)22(13-12-20(19)24)32-17(3)25(29)27-21(26(30)31)14-18-9-7-6-8-10-18/h6-10,12-13,15,17,21H,4-5,11,14H2,1-3H3,(H,27,29)(H,30,31)/t17-,21+/m1/s1. The molecule has 0 unspecified atom stereocenters. The van der Waals surface area contributed by atoms with Crippen LogP contribution in [0.2, 0.25) is 0 Å². The number of hydrogen-bond acceptors (Lipinski definition) is 5. The lowest BCUT2D eigenvalue weighted by Crippen LogP contribution is -2.47. The normalized spacial score (nSPS) is 12.8. The summed E-state index contributed by atoms with van der Waals surface area (Å²) >= 11 is 0. The van der Waals surface area contributed by atoms with Crippen molar-refractivity contribution in [3.8, 4) is 5.75 Å². The van der Waals surface area contributed by atoms with E-state index < -0.39 is 29.6 Å². The SMILES string of the molecule is CCCCc1cc(=O)oc2c(C)c(O[C@H](C)C(=O)N[C@@H](Cc3ccccc3)C(=O)O)ccc12. The number of carboxylic acid groups (broad SMARTS) is 1. The van der Waals surface area contributed by atoms with E-state index in [4.69, 9.17) is 9.15 Å². The molecule has 7 heteroatoms. The summed E-state index contributed by atoms with van der Waals surface area (Å²) in [6.07, 6.45) is 1.95. The molecule has 0 bridgehead atoms. The molecule has 1 aromatic heterocycles. The molecule has 0 fully saturated rings. The molecule has 0 saturated heterocycles. The van der Waals surface area contributed by atoms with Gasteiger partial charge < -0.3 is 19.6 Å². The summed E-state index contributed by atoms with van der Waals surface area (Å²) in [6.45, 7) is 5.41. The predicted molar refractivity (Wildman–Crippen MR) is 126 cm³/mol. The van der Waals surface area contributed by atoms with Crippen molar-refractivity contribution in [2.24, 2.45) is 0 Å². The summed E-state index contributed by atoms with van der Waals surface area (Å²) in [4.78, 5) is 36.4. The van der Waals surface area contributed by atoms with Gasteiger partial charge in [0.05, 0.1) is 0 Å². The largest absolute Gasteiger partial charge is 0.480 e. The first kappa shape index (κ1) is 24.0. The van der Waals surface area contributed by atoms with Crippen LogP contribution in [0.5, 0.6) is 5.75 Å². The Labute approximate surface area is 192 Å². The summed E-state index contributed by atoms with van der Waals surface area (Å²) in [5.41, 5.74) is 2.35. The third kappa shape index (κ3) is 6.00. The maximum atomic E-state index is 12.7. The number of rotatable bonds is 10. The van der Waals surface area contributed by atoms with Crippen LogP contribution >= 0.6 is 0 Å². The van der Waals surface area contributed by atoms with Crippen molar-refractivity contribution < 1.29 is 23.8 Å². The summed E-state index contributed by atoms with van der Waals surface area (Å²) in [5, 5.41) is 12.9. The molecule has 33 heavy (non-hydrogen) atoms. The van der Waals surface area contributed by atoms with Crippen LogP contribution in [0.25, 0.3) is 11.0 Å². The summed E-state index contributed by atoms with van der Waals surface area (Å²) < 4.78 is 11.3. The van der Waals surface area contributed by atoms with E-state index in [1.165, 1.54) is 6.07 Å². The predicted octanol–water partition coefficient (Wildman–Crippen LogP) is 4.02. The van der Waals surface area contributed by atoms with Crippen molar-refractivity contribution in [3.05, 3.63) is 75.6 Å². The zero-order valence-electron chi connectivity index (χ0n) is 19.1. The van der Waals surface area contributed by atoms with Crippen molar-refractivity contribution >= 4 is 22.8 Å². The number of benzene rings is 2. The molecule has 7 nitrogen and oxygen atoms in total. The summed E-state index contributed by atoms with van der Waals surface area (Å²) in [6, 6.07) is 13.1. The molecule has 2 atom stereocenters. The van der Waals surface area contributed by atoms with Gasteiger partial charge in [0.15, 0.2) is 6.10 Å². The van der Waals surface area contributed by atoms with Crippen LogP contribution in [-0.4, -0.2) is 29.1 Å². The Kier molecular flexibility index (Phi) is 7.87. The number of aliphatic carboxylic acids is 1. The van der Waals surface area contributed by atoms with Gasteiger partial charge >= 0.3 is 11.6 Å². The monoisotopic (exact) mass is 451 g/mol. The minimum atomic E-state index is -1.12. The van der Waals surface area contributed by atoms with E-state index in [1.54, 1.807) is 19.9 Å². The molecule has 0 aliphatic heterocycles. The van der Waals surface area contributed by atoms with Gasteiger partial charge in [-0.1, -0.05) is 43.7 Å². The van der Waals surface area contributed by atoms with Gasteiger partial charge in [-0.05, 0) is 49.9 Å². The highest BCUT2D eigenvalue weighted by Crippen LogP contribution is 2.29. The lowest BCUT2D eigenvalue weighted by Gasteiger charge is -2.20. The quantitative estimate of drug-likeness (QED) is 0.451. The highest BCUT2D eigenvalue weighted by Gasteiger charge is 2.25. The maximum Gasteiger partial charge on any atom is 0.336 e. The summed E-state index contributed by atoms with van der Waals surface area (Å²) in [5.74, 6) is -1.27. The van der Waals surface area contributed by atoms with Gasteiger partial charge in [-0.2, -0.15) is 0 Å². The van der Waals surface area contributed by atoms with Gasteiger partial charge in [0, 0.05) is 23.4 Å². The van der Waals surface area contributed by atoms with Crippen LogP contribution in [0.3, 0.4) is 0 Å². The van der Waals surface area contributed by atoms with E-state index in [0.29, 0.717) is 16.9 Å². The molecule has 1 heterocycles. The van der Waals surface area contributed by atoms with E-state index in [0.717, 1.165) is 35.8 Å². The van der Waals surface area contributed by atoms with Crippen molar-refractivity contribution in [2.45, 2.75) is 58.6 Å². The second kappa shape index (κ2) is 10.8. The van der Waals surface area contributed by atoms with Crippen molar-refractivity contribution in [1.29, 1.82) is 0 Å². The van der Waals surface area contributed by atoms with E-state index in [1.807, 2.05) is 36.4 Å². The third-order valence-corrected chi connectivity index (χ3v) is 5.57. The van der Waals surface area contributed by atoms with Gasteiger partial charge in [-0.3, -0.25) is 4.79 Å². The van der Waals surface area contributed by atoms with E-state index in [-0.39, 0.29) is 6.42 Å². The van der Waals surface area contributed by atoms with Gasteiger partial charge in [0.2, 0.25) is 0 Å². The lowest BCUT2D eigenvalue weighted by molar-refractivity contribution is -0.142. The van der Waals surface area contributed by atoms with Gasteiger partial charge in [-0.15, -0.1) is 0 Å². The minimum Gasteiger partial charge on any atom is -0.480 e. The molecule has 0 aliphatic rings. The number of fused-ring (bicyclic) bond motifs is 1. The summed E-state index contributed by atoms with van der Waals surface area (Å²) in [7, 11) is 0. The number of ether oxygens (including phenoxy) is 1. The van der Waals surface area contributed by atoms with Crippen molar-refractivity contribution in [1.82, 2.24) is 5.32 Å². The first-order valence-electron chi connectivity index (χ1n) is 11.1. The van der Waals surface area contributed by atoms with E-state index >= 15 is 0 Å². The molecule has 2 aromatic carbocycles. The highest BCUT2D eigenvalue weighted by atomic mass is 16.5. The maximum absolute atomic E-state index is 12.7. The third-order valence-electron chi connectivity index (χ3n) is 5.57. The Balaban J connectivity index is 1.77. The number of aryl methyl sites for hydroxylation is 2. The number of amides is 1. The Morgan fingerprint density at radius 1 is 1.15 bits per heavy atom. The number of nitrogens with one attached hydrogen (secondary N) is 1. The molecule has 2 N–H and O–H groups in total. The average molecular weight is 452 g/mol. The molecule has 0 radical (unpaired) electrons. The Morgan fingerprint density at radius 3 is 2.55 bits per heavy atom. The van der Waals surface area contributed by atoms with Crippen LogP contribution in [-0.2, 0) is 22.4 Å². The first-order chi connectivity index (χ1) is 15.8. The number of carbonyl (C=O) groups is 2. The zero-order valence-corrected chi connectivity index (χ0v) is 19.1. The molecule has 0 spiro atoms.